The highest BCUT2D eigenvalue weighted by Gasteiger charge is 2.05. The van der Waals surface area contributed by atoms with Crippen molar-refractivity contribution in [3.63, 3.8) is 0 Å². The first-order valence-corrected chi connectivity index (χ1v) is 4.62. The van der Waals surface area contributed by atoms with Crippen molar-refractivity contribution in [1.82, 2.24) is 0 Å². The molecule has 0 fully saturated rings. The number of hydrogen-bond donors (Lipinski definition) is 3. The SMILES string of the molecule is N=C(N)c1cc2c(N)cccc2s1. The molecule has 1 aromatic heterocycles. The van der Waals surface area contributed by atoms with Crippen LogP contribution in [0.1, 0.15) is 4.88 Å². The summed E-state index contributed by atoms with van der Waals surface area (Å²) in [5.74, 6) is 0.0978. The number of hydrogen-bond acceptors (Lipinski definition) is 3. The number of rotatable bonds is 1. The van der Waals surface area contributed by atoms with Crippen molar-refractivity contribution in [3.05, 3.63) is 29.1 Å². The monoisotopic (exact) mass is 191 g/mol. The molecule has 5 N–H and O–H groups in total. The van der Waals surface area contributed by atoms with Gasteiger partial charge in [0.2, 0.25) is 0 Å². The van der Waals surface area contributed by atoms with Crippen LogP contribution in [0.4, 0.5) is 5.69 Å². The number of thiophene rings is 1. The molecule has 2 aromatic rings. The van der Waals surface area contributed by atoms with Gasteiger partial charge in [0.1, 0.15) is 5.84 Å². The Kier molecular flexibility index (Phi) is 1.70. The first kappa shape index (κ1) is 8.07. The quantitative estimate of drug-likeness (QED) is 0.365. The van der Waals surface area contributed by atoms with Crippen molar-refractivity contribution in [2.45, 2.75) is 0 Å². The molecule has 0 aliphatic carbocycles. The predicted molar refractivity (Wildman–Crippen MR) is 57.3 cm³/mol. The molecule has 13 heavy (non-hydrogen) atoms. The summed E-state index contributed by atoms with van der Waals surface area (Å²) in [6.07, 6.45) is 0. The van der Waals surface area contributed by atoms with Crippen LogP contribution in [0.25, 0.3) is 10.1 Å². The Hall–Kier alpha value is -1.55. The molecule has 66 valence electrons. The number of anilines is 1. The summed E-state index contributed by atoms with van der Waals surface area (Å²) in [7, 11) is 0. The van der Waals surface area contributed by atoms with Crippen molar-refractivity contribution in [3.8, 4) is 0 Å². The van der Waals surface area contributed by atoms with Crippen molar-refractivity contribution < 1.29 is 0 Å². The minimum Gasteiger partial charge on any atom is -0.398 e. The Morgan fingerprint density at radius 2 is 2.15 bits per heavy atom. The summed E-state index contributed by atoms with van der Waals surface area (Å²) < 4.78 is 1.07. The first-order valence-electron chi connectivity index (χ1n) is 3.81. The summed E-state index contributed by atoms with van der Waals surface area (Å²) in [6.45, 7) is 0. The van der Waals surface area contributed by atoms with Crippen molar-refractivity contribution >= 4 is 32.9 Å². The number of fused-ring (bicyclic) bond motifs is 1. The molecule has 2 rings (SSSR count). The van der Waals surface area contributed by atoms with Gasteiger partial charge < -0.3 is 11.5 Å². The van der Waals surface area contributed by atoms with E-state index in [1.807, 2.05) is 24.3 Å². The second-order valence-electron chi connectivity index (χ2n) is 2.78. The van der Waals surface area contributed by atoms with Gasteiger partial charge in [-0.15, -0.1) is 11.3 Å². The van der Waals surface area contributed by atoms with E-state index in [1.54, 1.807) is 0 Å². The van der Waals surface area contributed by atoms with Crippen LogP contribution in [0.15, 0.2) is 24.3 Å². The summed E-state index contributed by atoms with van der Waals surface area (Å²) in [6, 6.07) is 7.58. The molecule has 0 atom stereocenters. The minimum atomic E-state index is 0.0978. The average Bonchev–Trinajstić information content (AvgIpc) is 2.49. The molecular weight excluding hydrogens is 182 g/mol. The number of nitrogen functional groups attached to an aromatic ring is 2. The molecule has 0 saturated carbocycles. The average molecular weight is 191 g/mol. The molecule has 0 unspecified atom stereocenters. The summed E-state index contributed by atoms with van der Waals surface area (Å²) in [5.41, 5.74) is 11.9. The van der Waals surface area contributed by atoms with E-state index < -0.39 is 0 Å². The topological polar surface area (TPSA) is 75.9 Å². The van der Waals surface area contributed by atoms with Crippen LogP contribution in [-0.2, 0) is 0 Å². The van der Waals surface area contributed by atoms with E-state index in [9.17, 15) is 0 Å². The van der Waals surface area contributed by atoms with Crippen molar-refractivity contribution in [1.29, 1.82) is 5.41 Å². The molecule has 1 aromatic carbocycles. The maximum absolute atomic E-state index is 7.29. The number of nitrogens with two attached hydrogens (primary N) is 2. The maximum Gasteiger partial charge on any atom is 0.133 e. The van der Waals surface area contributed by atoms with E-state index >= 15 is 0 Å². The Morgan fingerprint density at radius 1 is 1.38 bits per heavy atom. The third-order valence-corrected chi connectivity index (χ3v) is 2.99. The van der Waals surface area contributed by atoms with Gasteiger partial charge in [-0.05, 0) is 18.2 Å². The van der Waals surface area contributed by atoms with Gasteiger partial charge in [-0.3, -0.25) is 5.41 Å². The number of amidine groups is 1. The molecule has 0 amide bonds. The highest BCUT2D eigenvalue weighted by atomic mass is 32.1. The van der Waals surface area contributed by atoms with Crippen LogP contribution in [0.5, 0.6) is 0 Å². The van der Waals surface area contributed by atoms with Gasteiger partial charge in [0.25, 0.3) is 0 Å². The molecule has 0 aliphatic rings. The van der Waals surface area contributed by atoms with Gasteiger partial charge in [-0.1, -0.05) is 6.07 Å². The van der Waals surface area contributed by atoms with E-state index in [4.69, 9.17) is 16.9 Å². The zero-order chi connectivity index (χ0) is 9.42. The smallest absolute Gasteiger partial charge is 0.133 e. The largest absolute Gasteiger partial charge is 0.398 e. The van der Waals surface area contributed by atoms with Crippen LogP contribution in [0.3, 0.4) is 0 Å². The van der Waals surface area contributed by atoms with Gasteiger partial charge in [-0.2, -0.15) is 0 Å². The highest BCUT2D eigenvalue weighted by molar-refractivity contribution is 7.20. The van der Waals surface area contributed by atoms with E-state index in [1.165, 1.54) is 11.3 Å². The Balaban J connectivity index is 2.75. The van der Waals surface area contributed by atoms with Crippen LogP contribution < -0.4 is 11.5 Å². The summed E-state index contributed by atoms with van der Waals surface area (Å²) in [4.78, 5) is 0.771. The van der Waals surface area contributed by atoms with Gasteiger partial charge in [0, 0.05) is 15.8 Å². The maximum atomic E-state index is 7.29. The first-order chi connectivity index (χ1) is 6.18. The molecule has 4 heteroatoms. The fourth-order valence-electron chi connectivity index (χ4n) is 1.22. The van der Waals surface area contributed by atoms with Crippen LogP contribution in [0, 0.1) is 5.41 Å². The Morgan fingerprint density at radius 3 is 2.77 bits per heavy atom. The van der Waals surface area contributed by atoms with Gasteiger partial charge in [0.15, 0.2) is 0 Å². The van der Waals surface area contributed by atoms with E-state index in [0.29, 0.717) is 0 Å². The van der Waals surface area contributed by atoms with E-state index in [2.05, 4.69) is 0 Å². The predicted octanol–water partition coefficient (Wildman–Crippen LogP) is 1.77. The summed E-state index contributed by atoms with van der Waals surface area (Å²) in [5, 5.41) is 8.27. The third-order valence-electron chi connectivity index (χ3n) is 1.86. The fraction of sp³-hybridized carbons (Fsp3) is 0. The van der Waals surface area contributed by atoms with Gasteiger partial charge in [-0.25, -0.2) is 0 Å². The van der Waals surface area contributed by atoms with E-state index in [-0.39, 0.29) is 5.84 Å². The van der Waals surface area contributed by atoms with E-state index in [0.717, 1.165) is 20.7 Å². The van der Waals surface area contributed by atoms with Gasteiger partial charge >= 0.3 is 0 Å². The number of benzene rings is 1. The normalized spacial score (nSPS) is 10.5. The lowest BCUT2D eigenvalue weighted by molar-refractivity contribution is 1.46. The van der Waals surface area contributed by atoms with Crippen LogP contribution in [-0.4, -0.2) is 5.84 Å². The molecule has 0 aliphatic heterocycles. The lowest BCUT2D eigenvalue weighted by atomic mass is 10.2. The zero-order valence-corrected chi connectivity index (χ0v) is 7.69. The zero-order valence-electron chi connectivity index (χ0n) is 6.87. The molecular formula is C9H9N3S. The second-order valence-corrected chi connectivity index (χ2v) is 3.87. The second kappa shape index (κ2) is 2.74. The summed E-state index contributed by atoms with van der Waals surface area (Å²) >= 11 is 1.49. The van der Waals surface area contributed by atoms with Crippen LogP contribution >= 0.6 is 11.3 Å². The molecule has 0 bridgehead atoms. The molecule has 0 radical (unpaired) electrons. The lowest BCUT2D eigenvalue weighted by Gasteiger charge is -1.92. The van der Waals surface area contributed by atoms with Crippen LogP contribution in [0.2, 0.25) is 0 Å². The van der Waals surface area contributed by atoms with Gasteiger partial charge in [0.05, 0.1) is 4.88 Å². The molecule has 3 nitrogen and oxygen atoms in total. The lowest BCUT2D eigenvalue weighted by Crippen LogP contribution is -2.08. The molecule has 0 spiro atoms. The third kappa shape index (κ3) is 1.25. The number of nitrogens with one attached hydrogen (secondary N) is 1. The highest BCUT2D eigenvalue weighted by Crippen LogP contribution is 2.29. The standard InChI is InChI=1S/C9H9N3S/c10-6-2-1-3-7-5(6)4-8(13-7)9(11)12/h1-4H,10H2,(H3,11,12). The minimum absolute atomic E-state index is 0.0978. The molecule has 1 heterocycles. The Bertz CT molecular complexity index is 473. The van der Waals surface area contributed by atoms with Crippen molar-refractivity contribution in [2.75, 3.05) is 5.73 Å². The fourth-order valence-corrected chi connectivity index (χ4v) is 2.17. The molecule has 0 saturated heterocycles. The van der Waals surface area contributed by atoms with Crippen molar-refractivity contribution in [2.24, 2.45) is 5.73 Å². The Labute approximate surface area is 79.5 Å².